The average molecular weight is 468 g/mol. The van der Waals surface area contributed by atoms with Crippen LogP contribution in [0.4, 0.5) is 23.2 Å². The monoisotopic (exact) mass is 467 g/mol. The van der Waals surface area contributed by atoms with Gasteiger partial charge in [0.25, 0.3) is 5.91 Å². The number of anilines is 1. The van der Waals surface area contributed by atoms with Crippen molar-refractivity contribution in [3.05, 3.63) is 64.3 Å². The van der Waals surface area contributed by atoms with Crippen LogP contribution in [0.1, 0.15) is 34.1 Å². The number of nitrogens with zero attached hydrogens (tertiary/aromatic N) is 1. The molecule has 1 atom stereocenters. The number of nitrogens with one attached hydrogen (secondary N) is 1. The molecule has 1 aromatic heterocycles. The number of rotatable bonds is 3. The molecule has 3 N–H and O–H groups in total. The zero-order valence-electron chi connectivity index (χ0n) is 16.2. The number of aliphatic imine (C=N–C) groups is 1. The van der Waals surface area contributed by atoms with Gasteiger partial charge in [-0.1, -0.05) is 11.8 Å². The Morgan fingerprint density at radius 1 is 1.19 bits per heavy atom. The van der Waals surface area contributed by atoms with E-state index in [9.17, 15) is 22.4 Å². The van der Waals surface area contributed by atoms with E-state index >= 15 is 0 Å². The molecule has 0 radical (unpaired) electrons. The second kappa shape index (κ2) is 7.83. The number of amidine groups is 1. The summed E-state index contributed by atoms with van der Waals surface area (Å²) in [6.07, 6.45) is -3.87. The lowest BCUT2D eigenvalue weighted by molar-refractivity contribution is -0.137. The van der Waals surface area contributed by atoms with Crippen LogP contribution in [0, 0.1) is 5.82 Å². The molecule has 1 aliphatic heterocycles. The number of amides is 1. The van der Waals surface area contributed by atoms with E-state index in [0.717, 1.165) is 23.5 Å². The summed E-state index contributed by atoms with van der Waals surface area (Å²) in [7, 11) is 0. The molecular formula is C21H17F4N3OS2. The van der Waals surface area contributed by atoms with Gasteiger partial charge in [-0.05, 0) is 61.2 Å². The zero-order valence-corrected chi connectivity index (χ0v) is 17.8. The highest BCUT2D eigenvalue weighted by Gasteiger charge is 2.33. The molecule has 2 heterocycles. The lowest BCUT2D eigenvalue weighted by Crippen LogP contribution is -2.29. The summed E-state index contributed by atoms with van der Waals surface area (Å²) in [5, 5.41) is 3.41. The van der Waals surface area contributed by atoms with Gasteiger partial charge < -0.3 is 11.1 Å². The van der Waals surface area contributed by atoms with Gasteiger partial charge in [0.2, 0.25) is 0 Å². The molecule has 0 unspecified atom stereocenters. The number of fused-ring (bicyclic) bond motifs is 1. The topological polar surface area (TPSA) is 67.5 Å². The predicted octanol–water partition coefficient (Wildman–Crippen LogP) is 5.98. The zero-order chi connectivity index (χ0) is 22.4. The Hall–Kier alpha value is -2.59. The first-order valence-corrected chi connectivity index (χ1v) is 11.1. The predicted molar refractivity (Wildman–Crippen MR) is 117 cm³/mol. The number of carbonyl (C=O) groups excluding carboxylic acids is 1. The molecule has 0 saturated heterocycles. The number of thioether (sulfide) groups is 1. The van der Waals surface area contributed by atoms with Crippen LogP contribution in [-0.4, -0.2) is 16.8 Å². The van der Waals surface area contributed by atoms with Crippen molar-refractivity contribution in [1.82, 2.24) is 0 Å². The van der Waals surface area contributed by atoms with E-state index in [2.05, 4.69) is 10.3 Å². The average Bonchev–Trinajstić information content (AvgIpc) is 3.12. The number of carbonyl (C=O) groups is 1. The minimum Gasteiger partial charge on any atom is -0.379 e. The number of alkyl halides is 3. The van der Waals surface area contributed by atoms with Crippen molar-refractivity contribution < 1.29 is 22.4 Å². The Morgan fingerprint density at radius 2 is 1.97 bits per heavy atom. The maximum absolute atomic E-state index is 14.5. The maximum atomic E-state index is 14.5. The first kappa shape index (κ1) is 21.6. The third-order valence-corrected chi connectivity index (χ3v) is 6.98. The third kappa shape index (κ3) is 4.40. The van der Waals surface area contributed by atoms with Gasteiger partial charge in [0.05, 0.1) is 16.0 Å². The molecule has 1 amide bonds. The summed E-state index contributed by atoms with van der Waals surface area (Å²) >= 11 is 2.49. The largest absolute Gasteiger partial charge is 0.416 e. The second-order valence-electron chi connectivity index (χ2n) is 7.33. The molecule has 0 fully saturated rings. The highest BCUT2D eigenvalue weighted by Crippen LogP contribution is 2.38. The van der Waals surface area contributed by atoms with Crippen molar-refractivity contribution >= 4 is 49.9 Å². The SMILES string of the molecule is C[C@@]1(c2cc(NC(=O)c3cc4cc(C(F)(F)F)ccc4s3)ccc2F)CCSC(N)=N1. The van der Waals surface area contributed by atoms with Gasteiger partial charge in [-0.3, -0.25) is 9.79 Å². The van der Waals surface area contributed by atoms with Crippen LogP contribution < -0.4 is 11.1 Å². The third-order valence-electron chi connectivity index (χ3n) is 5.07. The minimum absolute atomic E-state index is 0.253. The number of hydrogen-bond acceptors (Lipinski definition) is 5. The van der Waals surface area contributed by atoms with E-state index in [1.807, 2.05) is 0 Å². The molecule has 162 valence electrons. The molecule has 4 rings (SSSR count). The van der Waals surface area contributed by atoms with Gasteiger partial charge in [0, 0.05) is 21.7 Å². The molecule has 10 heteroatoms. The molecule has 0 bridgehead atoms. The van der Waals surface area contributed by atoms with E-state index in [0.29, 0.717) is 38.7 Å². The van der Waals surface area contributed by atoms with Gasteiger partial charge in [0.15, 0.2) is 5.17 Å². The Morgan fingerprint density at radius 3 is 2.68 bits per heavy atom. The van der Waals surface area contributed by atoms with Gasteiger partial charge in [-0.25, -0.2) is 4.39 Å². The summed E-state index contributed by atoms with van der Waals surface area (Å²) in [5.41, 5.74) is 4.89. The molecule has 31 heavy (non-hydrogen) atoms. The minimum atomic E-state index is -4.46. The van der Waals surface area contributed by atoms with Crippen LogP contribution in [-0.2, 0) is 11.7 Å². The van der Waals surface area contributed by atoms with Crippen molar-refractivity contribution in [3.8, 4) is 0 Å². The fourth-order valence-corrected chi connectivity index (χ4v) is 5.33. The van der Waals surface area contributed by atoms with Crippen LogP contribution in [0.3, 0.4) is 0 Å². The molecule has 2 aromatic carbocycles. The molecule has 0 aliphatic carbocycles. The lowest BCUT2D eigenvalue weighted by atomic mass is 9.89. The molecule has 1 aliphatic rings. The molecule has 0 saturated carbocycles. The number of hydrogen-bond donors (Lipinski definition) is 2. The maximum Gasteiger partial charge on any atom is 0.416 e. The highest BCUT2D eigenvalue weighted by molar-refractivity contribution is 8.13. The van der Waals surface area contributed by atoms with Crippen LogP contribution in [0.5, 0.6) is 0 Å². The second-order valence-corrected chi connectivity index (χ2v) is 9.53. The Kier molecular flexibility index (Phi) is 5.47. The quantitative estimate of drug-likeness (QED) is 0.466. The van der Waals surface area contributed by atoms with E-state index in [1.165, 1.54) is 42.1 Å². The number of thiophene rings is 1. The lowest BCUT2D eigenvalue weighted by Gasteiger charge is -2.30. The number of halogens is 4. The van der Waals surface area contributed by atoms with Crippen molar-refractivity contribution in [2.45, 2.75) is 25.1 Å². The van der Waals surface area contributed by atoms with E-state index in [4.69, 9.17) is 5.73 Å². The van der Waals surface area contributed by atoms with Crippen molar-refractivity contribution in [2.75, 3.05) is 11.1 Å². The number of benzene rings is 2. The molecular weight excluding hydrogens is 450 g/mol. The summed E-state index contributed by atoms with van der Waals surface area (Å²) < 4.78 is 53.9. The highest BCUT2D eigenvalue weighted by atomic mass is 32.2. The summed E-state index contributed by atoms with van der Waals surface area (Å²) in [6, 6.07) is 8.98. The fourth-order valence-electron chi connectivity index (χ4n) is 3.42. The van der Waals surface area contributed by atoms with Crippen LogP contribution >= 0.6 is 23.1 Å². The first-order valence-electron chi connectivity index (χ1n) is 9.25. The van der Waals surface area contributed by atoms with E-state index in [-0.39, 0.29) is 4.88 Å². The Balaban J connectivity index is 1.61. The van der Waals surface area contributed by atoms with E-state index < -0.39 is 29.0 Å². The Labute approximate surface area is 183 Å². The van der Waals surface area contributed by atoms with Gasteiger partial charge in [-0.2, -0.15) is 13.2 Å². The van der Waals surface area contributed by atoms with Crippen LogP contribution in [0.25, 0.3) is 10.1 Å². The molecule has 4 nitrogen and oxygen atoms in total. The first-order chi connectivity index (χ1) is 14.5. The Bertz CT molecular complexity index is 1210. The molecule has 0 spiro atoms. The molecule has 3 aromatic rings. The summed E-state index contributed by atoms with van der Waals surface area (Å²) in [4.78, 5) is 17.4. The van der Waals surface area contributed by atoms with Crippen LogP contribution in [0.2, 0.25) is 0 Å². The smallest absolute Gasteiger partial charge is 0.379 e. The van der Waals surface area contributed by atoms with Gasteiger partial charge in [-0.15, -0.1) is 11.3 Å². The van der Waals surface area contributed by atoms with Gasteiger partial charge >= 0.3 is 6.18 Å². The van der Waals surface area contributed by atoms with E-state index in [1.54, 1.807) is 6.92 Å². The van der Waals surface area contributed by atoms with Crippen molar-refractivity contribution in [3.63, 3.8) is 0 Å². The van der Waals surface area contributed by atoms with Crippen molar-refractivity contribution in [2.24, 2.45) is 10.7 Å². The van der Waals surface area contributed by atoms with Crippen molar-refractivity contribution in [1.29, 1.82) is 0 Å². The fraction of sp³-hybridized carbons (Fsp3) is 0.238. The summed E-state index contributed by atoms with van der Waals surface area (Å²) in [6.45, 7) is 1.79. The summed E-state index contributed by atoms with van der Waals surface area (Å²) in [5.74, 6) is -0.242. The standard InChI is InChI=1S/C21H17F4N3OS2/c1-20(6-7-30-19(26)28-20)14-10-13(3-4-15(14)22)27-18(29)17-9-11-8-12(21(23,24)25)2-5-16(11)31-17/h2-5,8-10H,6-7H2,1H3,(H2,26,28)(H,27,29)/t20-/m0/s1. The normalized spacial score (nSPS) is 19.3. The van der Waals surface area contributed by atoms with Gasteiger partial charge in [0.1, 0.15) is 5.82 Å². The van der Waals surface area contributed by atoms with Crippen LogP contribution in [0.15, 0.2) is 47.5 Å². The number of nitrogens with two attached hydrogens (primary N) is 1.